The second-order valence-electron chi connectivity index (χ2n) is 5.28. The summed E-state index contributed by atoms with van der Waals surface area (Å²) in [4.78, 5) is 6.20. The number of thiazole rings is 1. The second-order valence-corrected chi connectivity index (χ2v) is 6.51. The van der Waals surface area contributed by atoms with Crippen LogP contribution in [0.1, 0.15) is 75.0 Å². The van der Waals surface area contributed by atoms with E-state index in [1.54, 1.807) is 0 Å². The van der Waals surface area contributed by atoms with E-state index in [-0.39, 0.29) is 0 Å². The molecule has 0 aromatic carbocycles. The molecule has 3 heteroatoms. The molecular weight excluding hydrogens is 240 g/mol. The van der Waals surface area contributed by atoms with Crippen LogP contribution in [0.3, 0.4) is 0 Å². The van der Waals surface area contributed by atoms with Crippen LogP contribution in [-0.2, 0) is 6.42 Å². The Balaban J connectivity index is 2.73. The highest BCUT2D eigenvalue weighted by molar-refractivity contribution is 7.11. The van der Waals surface area contributed by atoms with Gasteiger partial charge < -0.3 is 5.32 Å². The van der Waals surface area contributed by atoms with E-state index >= 15 is 0 Å². The predicted octanol–water partition coefficient (Wildman–Crippen LogP) is 4.63. The fraction of sp³-hybridized carbons (Fsp3) is 0.800. The number of nitrogens with zero attached hydrogens (tertiary/aromatic N) is 1. The lowest BCUT2D eigenvalue weighted by atomic mass is 10.1. The number of aromatic nitrogens is 1. The van der Waals surface area contributed by atoms with Gasteiger partial charge in [0.25, 0.3) is 0 Å². The van der Waals surface area contributed by atoms with E-state index in [1.807, 2.05) is 11.3 Å². The summed E-state index contributed by atoms with van der Waals surface area (Å²) >= 11 is 1.87. The van der Waals surface area contributed by atoms with Crippen LogP contribution in [0.2, 0.25) is 0 Å². The quantitative estimate of drug-likeness (QED) is 0.695. The zero-order valence-corrected chi connectivity index (χ0v) is 13.4. The first-order chi connectivity index (χ1) is 8.58. The topological polar surface area (TPSA) is 24.9 Å². The lowest BCUT2D eigenvalue weighted by Crippen LogP contribution is -2.28. The van der Waals surface area contributed by atoms with Gasteiger partial charge in [0.15, 0.2) is 0 Å². The molecule has 0 aliphatic carbocycles. The molecule has 0 fully saturated rings. The Hall–Kier alpha value is -0.410. The van der Waals surface area contributed by atoms with Crippen molar-refractivity contribution >= 4 is 11.3 Å². The van der Waals surface area contributed by atoms with Gasteiger partial charge in [0.2, 0.25) is 0 Å². The van der Waals surface area contributed by atoms with Crippen molar-refractivity contribution in [2.75, 3.05) is 0 Å². The van der Waals surface area contributed by atoms with Crippen molar-refractivity contribution in [2.24, 2.45) is 0 Å². The maximum atomic E-state index is 4.82. The van der Waals surface area contributed by atoms with E-state index in [2.05, 4.69) is 39.9 Å². The molecule has 0 amide bonds. The third-order valence-electron chi connectivity index (χ3n) is 3.17. The zero-order chi connectivity index (χ0) is 13.5. The third-order valence-corrected chi connectivity index (χ3v) is 4.30. The van der Waals surface area contributed by atoms with Crippen molar-refractivity contribution in [2.45, 2.75) is 78.8 Å². The summed E-state index contributed by atoms with van der Waals surface area (Å²) in [5.41, 5.74) is 1.28. The van der Waals surface area contributed by atoms with Gasteiger partial charge in [-0.3, -0.25) is 0 Å². The normalized spacial score (nSPS) is 13.2. The molecule has 0 saturated heterocycles. The summed E-state index contributed by atoms with van der Waals surface area (Å²) < 4.78 is 0. The number of aryl methyl sites for hydroxylation is 2. The summed E-state index contributed by atoms with van der Waals surface area (Å²) in [6.45, 7) is 11.1. The molecule has 0 saturated carbocycles. The minimum atomic E-state index is 0.445. The van der Waals surface area contributed by atoms with Crippen molar-refractivity contribution in [3.8, 4) is 0 Å². The van der Waals surface area contributed by atoms with E-state index in [0.29, 0.717) is 12.1 Å². The first kappa shape index (κ1) is 15.6. The van der Waals surface area contributed by atoms with Gasteiger partial charge in [0.05, 0.1) is 11.7 Å². The molecule has 1 N–H and O–H groups in total. The highest BCUT2D eigenvalue weighted by Gasteiger charge is 2.17. The maximum absolute atomic E-state index is 4.82. The monoisotopic (exact) mass is 268 g/mol. The molecule has 2 nitrogen and oxygen atoms in total. The van der Waals surface area contributed by atoms with Gasteiger partial charge in [-0.1, -0.05) is 47.0 Å². The van der Waals surface area contributed by atoms with E-state index < -0.39 is 0 Å². The molecule has 1 heterocycles. The van der Waals surface area contributed by atoms with Crippen LogP contribution in [0.15, 0.2) is 0 Å². The van der Waals surface area contributed by atoms with E-state index in [4.69, 9.17) is 4.98 Å². The molecule has 104 valence electrons. The van der Waals surface area contributed by atoms with Gasteiger partial charge in [-0.05, 0) is 19.8 Å². The maximum Gasteiger partial charge on any atom is 0.110 e. The Bertz CT molecular complexity index is 344. The Morgan fingerprint density at radius 2 is 1.94 bits per heavy atom. The number of hydrogen-bond donors (Lipinski definition) is 1. The molecule has 0 radical (unpaired) electrons. The lowest BCUT2D eigenvalue weighted by molar-refractivity contribution is 0.433. The van der Waals surface area contributed by atoms with Gasteiger partial charge in [-0.15, -0.1) is 11.3 Å². The molecule has 1 rings (SSSR count). The molecule has 0 aliphatic rings. The average molecular weight is 268 g/mol. The summed E-state index contributed by atoms with van der Waals surface area (Å²) in [6.07, 6.45) is 6.15. The molecule has 18 heavy (non-hydrogen) atoms. The van der Waals surface area contributed by atoms with Gasteiger partial charge >= 0.3 is 0 Å². The smallest absolute Gasteiger partial charge is 0.110 e. The number of hydrogen-bond acceptors (Lipinski definition) is 3. The van der Waals surface area contributed by atoms with Crippen molar-refractivity contribution in [1.29, 1.82) is 0 Å². The van der Waals surface area contributed by atoms with E-state index in [9.17, 15) is 0 Å². The molecule has 1 unspecified atom stereocenters. The Morgan fingerprint density at radius 1 is 1.22 bits per heavy atom. The van der Waals surface area contributed by atoms with E-state index in [0.717, 1.165) is 6.42 Å². The molecule has 0 spiro atoms. The largest absolute Gasteiger partial charge is 0.306 e. The molecule has 0 aliphatic heterocycles. The highest BCUT2D eigenvalue weighted by Crippen LogP contribution is 2.27. The third kappa shape index (κ3) is 4.69. The van der Waals surface area contributed by atoms with Crippen molar-refractivity contribution in [3.05, 3.63) is 15.6 Å². The van der Waals surface area contributed by atoms with E-state index in [1.165, 1.54) is 41.3 Å². The van der Waals surface area contributed by atoms with Crippen LogP contribution in [-0.4, -0.2) is 11.0 Å². The van der Waals surface area contributed by atoms with Gasteiger partial charge in [0, 0.05) is 10.9 Å². The second kappa shape index (κ2) is 7.90. The molecule has 1 aromatic heterocycles. The fourth-order valence-corrected chi connectivity index (χ4v) is 3.31. The first-order valence-corrected chi connectivity index (χ1v) is 8.12. The van der Waals surface area contributed by atoms with Crippen molar-refractivity contribution in [3.63, 3.8) is 0 Å². The predicted molar refractivity (Wildman–Crippen MR) is 81.4 cm³/mol. The van der Waals surface area contributed by atoms with Crippen LogP contribution < -0.4 is 5.32 Å². The van der Waals surface area contributed by atoms with Crippen molar-refractivity contribution < 1.29 is 0 Å². The fourth-order valence-electron chi connectivity index (χ4n) is 2.21. The van der Waals surface area contributed by atoms with Crippen LogP contribution in [0, 0.1) is 6.92 Å². The van der Waals surface area contributed by atoms with Gasteiger partial charge in [0.1, 0.15) is 5.01 Å². The Labute approximate surface area is 116 Å². The standard InChI is InChI=1S/C15H28N2S/c1-6-8-9-10-14(16-11(3)4)15-17-13(7-2)12(5)18-15/h11,14,16H,6-10H2,1-5H3. The number of unbranched alkanes of at least 4 members (excludes halogenated alkanes) is 2. The van der Waals surface area contributed by atoms with Gasteiger partial charge in [-0.2, -0.15) is 0 Å². The van der Waals surface area contributed by atoms with Crippen LogP contribution in [0.5, 0.6) is 0 Å². The summed E-state index contributed by atoms with van der Waals surface area (Å²) in [6, 6.07) is 0.964. The molecule has 1 aromatic rings. The van der Waals surface area contributed by atoms with Crippen LogP contribution in [0.25, 0.3) is 0 Å². The zero-order valence-electron chi connectivity index (χ0n) is 12.5. The number of rotatable bonds is 8. The van der Waals surface area contributed by atoms with Crippen LogP contribution in [0.4, 0.5) is 0 Å². The Kier molecular flexibility index (Phi) is 6.87. The van der Waals surface area contributed by atoms with Gasteiger partial charge in [-0.25, -0.2) is 4.98 Å². The SMILES string of the molecule is CCCCCC(NC(C)C)c1nc(CC)c(C)s1. The lowest BCUT2D eigenvalue weighted by Gasteiger charge is -2.19. The summed E-state index contributed by atoms with van der Waals surface area (Å²) in [5.74, 6) is 0. The first-order valence-electron chi connectivity index (χ1n) is 7.30. The number of nitrogens with one attached hydrogen (secondary N) is 1. The Morgan fingerprint density at radius 3 is 2.44 bits per heavy atom. The molecule has 1 atom stereocenters. The minimum Gasteiger partial charge on any atom is -0.306 e. The average Bonchev–Trinajstić information content (AvgIpc) is 2.69. The van der Waals surface area contributed by atoms with Crippen LogP contribution >= 0.6 is 11.3 Å². The summed E-state index contributed by atoms with van der Waals surface area (Å²) in [5, 5.41) is 4.95. The molecular formula is C15H28N2S. The summed E-state index contributed by atoms with van der Waals surface area (Å²) in [7, 11) is 0. The molecule has 0 bridgehead atoms. The minimum absolute atomic E-state index is 0.445. The van der Waals surface area contributed by atoms with Crippen molar-refractivity contribution in [1.82, 2.24) is 10.3 Å². The highest BCUT2D eigenvalue weighted by atomic mass is 32.1.